The monoisotopic (exact) mass is 373 g/mol. The minimum Gasteiger partial charge on any atom is -0.497 e. The molecule has 1 amide bonds. The molecular weight excluding hydrogens is 358 g/mol. The van der Waals surface area contributed by atoms with Gasteiger partial charge >= 0.3 is 5.63 Å². The lowest BCUT2D eigenvalue weighted by atomic mass is 10.1. The van der Waals surface area contributed by atoms with Gasteiger partial charge in [-0.2, -0.15) is 0 Å². The molecule has 0 aliphatic heterocycles. The summed E-state index contributed by atoms with van der Waals surface area (Å²) in [6.45, 7) is 1.55. The van der Waals surface area contributed by atoms with E-state index in [0.717, 1.165) is 5.56 Å². The van der Waals surface area contributed by atoms with Crippen LogP contribution in [0.5, 0.6) is 11.5 Å². The second-order valence-electron chi connectivity index (χ2n) is 5.59. The molecule has 1 aromatic heterocycles. The second-order valence-corrected chi connectivity index (χ2v) is 6.00. The van der Waals surface area contributed by atoms with Gasteiger partial charge in [-0.1, -0.05) is 11.6 Å². The molecule has 0 atom stereocenters. The molecule has 3 rings (SSSR count). The van der Waals surface area contributed by atoms with Crippen molar-refractivity contribution in [3.63, 3.8) is 0 Å². The number of hydrogen-bond acceptors (Lipinski definition) is 5. The topological polar surface area (TPSA) is 77.8 Å². The molecule has 6 nitrogen and oxygen atoms in total. The Morgan fingerprint density at radius 3 is 2.62 bits per heavy atom. The number of hydrogen-bond donors (Lipinski definition) is 1. The lowest BCUT2D eigenvalue weighted by molar-refractivity contribution is -0.118. The number of methoxy groups -OCH3 is 1. The minimum atomic E-state index is -0.458. The van der Waals surface area contributed by atoms with Crippen molar-refractivity contribution in [3.8, 4) is 11.5 Å². The lowest BCUT2D eigenvalue weighted by Crippen LogP contribution is -2.20. The zero-order chi connectivity index (χ0) is 18.7. The maximum absolute atomic E-state index is 12.0. The molecule has 2 aromatic carbocycles. The zero-order valence-electron chi connectivity index (χ0n) is 14.2. The Balaban J connectivity index is 1.71. The minimum absolute atomic E-state index is 0.243. The van der Waals surface area contributed by atoms with Crippen LogP contribution >= 0.6 is 11.6 Å². The van der Waals surface area contributed by atoms with Gasteiger partial charge in [-0.15, -0.1) is 0 Å². The smallest absolute Gasteiger partial charge is 0.336 e. The van der Waals surface area contributed by atoms with Gasteiger partial charge in [0.2, 0.25) is 0 Å². The summed E-state index contributed by atoms with van der Waals surface area (Å²) in [7, 11) is 1.57. The van der Waals surface area contributed by atoms with Crippen molar-refractivity contribution < 1.29 is 18.7 Å². The Kier molecular flexibility index (Phi) is 5.14. The van der Waals surface area contributed by atoms with Crippen LogP contribution in [0.1, 0.15) is 5.56 Å². The molecule has 0 aliphatic carbocycles. The molecule has 0 unspecified atom stereocenters. The van der Waals surface area contributed by atoms with E-state index in [0.29, 0.717) is 27.4 Å². The number of nitrogens with one attached hydrogen (secondary N) is 1. The van der Waals surface area contributed by atoms with E-state index in [-0.39, 0.29) is 18.3 Å². The molecule has 1 N–H and O–H groups in total. The number of halogens is 1. The van der Waals surface area contributed by atoms with Crippen LogP contribution in [0.4, 0.5) is 5.69 Å². The normalized spacial score (nSPS) is 10.6. The fourth-order valence-corrected chi connectivity index (χ4v) is 2.66. The average Bonchev–Trinajstić information content (AvgIpc) is 2.61. The van der Waals surface area contributed by atoms with Crippen LogP contribution in [0.25, 0.3) is 11.0 Å². The molecule has 134 valence electrons. The van der Waals surface area contributed by atoms with E-state index < -0.39 is 5.63 Å². The molecule has 0 saturated heterocycles. The van der Waals surface area contributed by atoms with Gasteiger partial charge in [-0.05, 0) is 42.8 Å². The Morgan fingerprint density at radius 1 is 1.19 bits per heavy atom. The Morgan fingerprint density at radius 2 is 1.92 bits per heavy atom. The van der Waals surface area contributed by atoms with Crippen LogP contribution in [0.2, 0.25) is 5.02 Å². The highest BCUT2D eigenvalue weighted by Gasteiger charge is 2.11. The third-order valence-corrected chi connectivity index (χ3v) is 4.03. The number of benzene rings is 2. The van der Waals surface area contributed by atoms with E-state index >= 15 is 0 Å². The molecule has 7 heteroatoms. The van der Waals surface area contributed by atoms with E-state index in [2.05, 4.69) is 5.32 Å². The van der Waals surface area contributed by atoms with Gasteiger partial charge in [0.1, 0.15) is 17.1 Å². The van der Waals surface area contributed by atoms with E-state index in [4.69, 9.17) is 25.5 Å². The van der Waals surface area contributed by atoms with Crippen molar-refractivity contribution in [1.82, 2.24) is 0 Å². The molecule has 0 spiro atoms. The summed E-state index contributed by atoms with van der Waals surface area (Å²) in [5.74, 6) is 0.605. The molecule has 0 saturated carbocycles. The van der Waals surface area contributed by atoms with Crippen molar-refractivity contribution in [2.45, 2.75) is 6.92 Å². The first-order valence-corrected chi connectivity index (χ1v) is 8.15. The van der Waals surface area contributed by atoms with Crippen molar-refractivity contribution in [2.75, 3.05) is 19.0 Å². The fraction of sp³-hybridized carbons (Fsp3) is 0.158. The second kappa shape index (κ2) is 7.49. The van der Waals surface area contributed by atoms with Gasteiger partial charge in [0.25, 0.3) is 5.91 Å². The van der Waals surface area contributed by atoms with Gasteiger partial charge in [0.15, 0.2) is 6.61 Å². The highest BCUT2D eigenvalue weighted by molar-refractivity contribution is 6.32. The van der Waals surface area contributed by atoms with Crippen molar-refractivity contribution in [2.24, 2.45) is 0 Å². The molecule has 1 heterocycles. The summed E-state index contributed by atoms with van der Waals surface area (Å²) in [5, 5.41) is 3.74. The summed E-state index contributed by atoms with van der Waals surface area (Å²) in [6, 6.07) is 11.5. The number of rotatable bonds is 5. The number of aryl methyl sites for hydroxylation is 1. The molecular formula is C19H16ClNO5. The Hall–Kier alpha value is -2.99. The quantitative estimate of drug-likeness (QED) is 0.688. The van der Waals surface area contributed by atoms with Crippen molar-refractivity contribution in [1.29, 1.82) is 0 Å². The van der Waals surface area contributed by atoms with Crippen LogP contribution in [-0.4, -0.2) is 19.6 Å². The molecule has 0 radical (unpaired) electrons. The fourth-order valence-electron chi connectivity index (χ4n) is 2.45. The zero-order valence-corrected chi connectivity index (χ0v) is 14.9. The summed E-state index contributed by atoms with van der Waals surface area (Å²) in [6.07, 6.45) is 0. The number of anilines is 1. The number of fused-ring (bicyclic) bond motifs is 1. The maximum atomic E-state index is 12.0. The SMILES string of the molecule is COc1ccc(NC(=O)COc2cc3oc(=O)cc(C)c3cc2Cl)cc1. The van der Waals surface area contributed by atoms with E-state index in [1.165, 1.54) is 12.1 Å². The average molecular weight is 374 g/mol. The lowest BCUT2D eigenvalue weighted by Gasteiger charge is -2.10. The van der Waals surface area contributed by atoms with E-state index in [1.807, 2.05) is 0 Å². The number of carbonyl (C=O) groups excluding carboxylic acids is 1. The van der Waals surface area contributed by atoms with E-state index in [1.54, 1.807) is 44.4 Å². The van der Waals surface area contributed by atoms with Crippen molar-refractivity contribution in [3.05, 3.63) is 63.5 Å². The Labute approximate surface area is 154 Å². The predicted molar refractivity (Wildman–Crippen MR) is 99.3 cm³/mol. The third-order valence-electron chi connectivity index (χ3n) is 3.74. The van der Waals surface area contributed by atoms with Gasteiger partial charge in [0.05, 0.1) is 12.1 Å². The van der Waals surface area contributed by atoms with Crippen LogP contribution in [0.15, 0.2) is 51.7 Å². The van der Waals surface area contributed by atoms with Crippen LogP contribution < -0.4 is 20.4 Å². The van der Waals surface area contributed by atoms with Crippen LogP contribution in [0, 0.1) is 6.92 Å². The molecule has 0 bridgehead atoms. The number of carbonyl (C=O) groups is 1. The number of ether oxygens (including phenoxy) is 2. The van der Waals surface area contributed by atoms with E-state index in [9.17, 15) is 9.59 Å². The first-order valence-electron chi connectivity index (χ1n) is 7.77. The standard InChI is InChI=1S/C19H16ClNO5/c1-11-7-19(23)26-16-9-17(15(20)8-14(11)16)25-10-18(22)21-12-3-5-13(24-2)6-4-12/h3-9H,10H2,1-2H3,(H,21,22). The molecule has 26 heavy (non-hydrogen) atoms. The molecule has 0 fully saturated rings. The summed E-state index contributed by atoms with van der Waals surface area (Å²) in [4.78, 5) is 23.5. The van der Waals surface area contributed by atoms with Gasteiger partial charge in [-0.3, -0.25) is 4.79 Å². The molecule has 3 aromatic rings. The summed E-state index contributed by atoms with van der Waals surface area (Å²) in [5.41, 5.74) is 1.26. The third kappa shape index (κ3) is 3.97. The summed E-state index contributed by atoms with van der Waals surface area (Å²) >= 11 is 6.20. The predicted octanol–water partition coefficient (Wildman–Crippen LogP) is 3.78. The number of amides is 1. The first-order chi connectivity index (χ1) is 12.5. The summed E-state index contributed by atoms with van der Waals surface area (Å²) < 4.78 is 15.7. The van der Waals surface area contributed by atoms with Gasteiger partial charge in [-0.25, -0.2) is 4.79 Å². The molecule has 0 aliphatic rings. The van der Waals surface area contributed by atoms with Crippen LogP contribution in [0.3, 0.4) is 0 Å². The van der Waals surface area contributed by atoms with Gasteiger partial charge < -0.3 is 19.2 Å². The highest BCUT2D eigenvalue weighted by Crippen LogP contribution is 2.31. The highest BCUT2D eigenvalue weighted by atomic mass is 35.5. The largest absolute Gasteiger partial charge is 0.497 e. The first kappa shape index (κ1) is 17.8. The van der Waals surface area contributed by atoms with Crippen LogP contribution in [-0.2, 0) is 4.79 Å². The van der Waals surface area contributed by atoms with Gasteiger partial charge in [0, 0.05) is 23.2 Å². The van der Waals surface area contributed by atoms with Crippen molar-refractivity contribution >= 4 is 34.2 Å². The maximum Gasteiger partial charge on any atom is 0.336 e. The Bertz CT molecular complexity index is 1010.